The van der Waals surface area contributed by atoms with Crippen LogP contribution >= 0.6 is 0 Å². The Kier molecular flexibility index (Phi) is 4.14. The van der Waals surface area contributed by atoms with Crippen LogP contribution in [0.3, 0.4) is 0 Å². The van der Waals surface area contributed by atoms with Crippen molar-refractivity contribution in [2.24, 2.45) is 0 Å². The van der Waals surface area contributed by atoms with E-state index < -0.39 is 16.4 Å². The predicted octanol–water partition coefficient (Wildman–Crippen LogP) is 3.49. The van der Waals surface area contributed by atoms with Crippen LogP contribution in [-0.2, 0) is 6.61 Å². The number of nitriles is 1. The lowest BCUT2D eigenvalue weighted by molar-refractivity contribution is -0.386. The molecule has 0 heterocycles. The summed E-state index contributed by atoms with van der Waals surface area (Å²) in [6, 6.07) is 10.3. The van der Waals surface area contributed by atoms with Crippen molar-refractivity contribution in [3.8, 4) is 11.8 Å². The van der Waals surface area contributed by atoms with E-state index in [-0.39, 0.29) is 12.4 Å². The molecule has 0 atom stereocenters. The molecule has 0 aliphatic heterocycles. The molecule has 6 heteroatoms. The number of halogens is 1. The van der Waals surface area contributed by atoms with E-state index >= 15 is 0 Å². The van der Waals surface area contributed by atoms with Crippen molar-refractivity contribution in [2.45, 2.75) is 13.5 Å². The van der Waals surface area contributed by atoms with Crippen molar-refractivity contribution in [1.82, 2.24) is 0 Å². The SMILES string of the molecule is Cc1cc(C#N)ccc1COc1ccc(F)cc1[N+](=O)[O-]. The number of ether oxygens (including phenoxy) is 1. The second-order valence-electron chi connectivity index (χ2n) is 4.41. The van der Waals surface area contributed by atoms with Crippen molar-refractivity contribution in [3.05, 3.63) is 69.0 Å². The van der Waals surface area contributed by atoms with Gasteiger partial charge in [0, 0.05) is 0 Å². The van der Waals surface area contributed by atoms with Gasteiger partial charge < -0.3 is 4.74 Å². The molecule has 2 aromatic rings. The zero-order valence-electron chi connectivity index (χ0n) is 11.2. The molecule has 0 aliphatic rings. The van der Waals surface area contributed by atoms with E-state index in [0.29, 0.717) is 5.56 Å². The molecule has 2 rings (SSSR count). The molecular weight excluding hydrogens is 275 g/mol. The molecule has 0 aliphatic carbocycles. The number of rotatable bonds is 4. The van der Waals surface area contributed by atoms with Crippen LogP contribution in [-0.4, -0.2) is 4.92 Å². The van der Waals surface area contributed by atoms with Crippen LogP contribution in [0.4, 0.5) is 10.1 Å². The van der Waals surface area contributed by atoms with Crippen molar-refractivity contribution < 1.29 is 14.1 Å². The topological polar surface area (TPSA) is 76.2 Å². The number of nitro benzene ring substituents is 1. The molecule has 0 saturated heterocycles. The number of nitrogens with zero attached hydrogens (tertiary/aromatic N) is 2. The molecule has 0 aromatic heterocycles. The lowest BCUT2D eigenvalue weighted by atomic mass is 10.1. The molecule has 2 aromatic carbocycles. The van der Waals surface area contributed by atoms with Crippen LogP contribution in [0.15, 0.2) is 36.4 Å². The van der Waals surface area contributed by atoms with Crippen molar-refractivity contribution in [1.29, 1.82) is 5.26 Å². The third-order valence-electron chi connectivity index (χ3n) is 2.97. The molecule has 0 bridgehead atoms. The summed E-state index contributed by atoms with van der Waals surface area (Å²) >= 11 is 0. The van der Waals surface area contributed by atoms with Gasteiger partial charge in [0.1, 0.15) is 12.4 Å². The Morgan fingerprint density at radius 3 is 2.71 bits per heavy atom. The highest BCUT2D eigenvalue weighted by Crippen LogP contribution is 2.28. The first-order chi connectivity index (χ1) is 10.0. The fraction of sp³-hybridized carbons (Fsp3) is 0.133. The van der Waals surface area contributed by atoms with E-state index in [1.54, 1.807) is 18.2 Å². The summed E-state index contributed by atoms with van der Waals surface area (Å²) in [5.74, 6) is -0.686. The standard InChI is InChI=1S/C15H11FN2O3/c1-10-6-11(8-17)2-3-12(10)9-21-15-5-4-13(16)7-14(15)18(19)20/h2-7H,9H2,1H3. The Balaban J connectivity index is 2.21. The van der Waals surface area contributed by atoms with Gasteiger partial charge >= 0.3 is 5.69 Å². The monoisotopic (exact) mass is 286 g/mol. The highest BCUT2D eigenvalue weighted by atomic mass is 19.1. The molecule has 0 amide bonds. The zero-order chi connectivity index (χ0) is 15.4. The first kappa shape index (κ1) is 14.5. The maximum atomic E-state index is 13.0. The minimum absolute atomic E-state index is 0.00478. The summed E-state index contributed by atoms with van der Waals surface area (Å²) in [6.07, 6.45) is 0. The van der Waals surface area contributed by atoms with Gasteiger partial charge in [-0.15, -0.1) is 0 Å². The maximum Gasteiger partial charge on any atom is 0.313 e. The largest absolute Gasteiger partial charge is 0.482 e. The summed E-state index contributed by atoms with van der Waals surface area (Å²) in [5.41, 5.74) is 1.76. The number of nitro groups is 1. The molecule has 0 N–H and O–H groups in total. The summed E-state index contributed by atoms with van der Waals surface area (Å²) < 4.78 is 18.4. The Morgan fingerprint density at radius 2 is 2.10 bits per heavy atom. The van der Waals surface area contributed by atoms with Crippen LogP contribution in [0.1, 0.15) is 16.7 Å². The van der Waals surface area contributed by atoms with Crippen LogP contribution in [0.2, 0.25) is 0 Å². The van der Waals surface area contributed by atoms with Gasteiger partial charge in [-0.2, -0.15) is 5.26 Å². The average molecular weight is 286 g/mol. The van der Waals surface area contributed by atoms with Gasteiger partial charge in [-0.3, -0.25) is 10.1 Å². The smallest absolute Gasteiger partial charge is 0.313 e. The molecule has 0 unspecified atom stereocenters. The van der Waals surface area contributed by atoms with E-state index in [1.165, 1.54) is 6.07 Å². The minimum Gasteiger partial charge on any atom is -0.482 e. The van der Waals surface area contributed by atoms with Crippen LogP contribution in [0, 0.1) is 34.2 Å². The second kappa shape index (κ2) is 6.01. The Morgan fingerprint density at radius 1 is 1.33 bits per heavy atom. The highest BCUT2D eigenvalue weighted by molar-refractivity contribution is 5.46. The van der Waals surface area contributed by atoms with Crippen molar-refractivity contribution in [2.75, 3.05) is 0 Å². The van der Waals surface area contributed by atoms with Gasteiger partial charge in [-0.1, -0.05) is 6.07 Å². The third-order valence-corrected chi connectivity index (χ3v) is 2.97. The van der Waals surface area contributed by atoms with Gasteiger partial charge in [-0.05, 0) is 42.3 Å². The van der Waals surface area contributed by atoms with Crippen LogP contribution in [0.5, 0.6) is 5.75 Å². The predicted molar refractivity (Wildman–Crippen MR) is 73.3 cm³/mol. The zero-order valence-corrected chi connectivity index (χ0v) is 11.2. The Labute approximate surface area is 120 Å². The van der Waals surface area contributed by atoms with Gasteiger partial charge in [0.25, 0.3) is 0 Å². The summed E-state index contributed by atoms with van der Waals surface area (Å²) in [5, 5.41) is 19.7. The molecule has 21 heavy (non-hydrogen) atoms. The number of benzene rings is 2. The Bertz CT molecular complexity index is 738. The summed E-state index contributed by atoms with van der Waals surface area (Å²) in [4.78, 5) is 10.2. The molecule has 5 nitrogen and oxygen atoms in total. The highest BCUT2D eigenvalue weighted by Gasteiger charge is 2.16. The minimum atomic E-state index is -0.691. The van der Waals surface area contributed by atoms with E-state index in [1.807, 2.05) is 13.0 Å². The molecule has 0 radical (unpaired) electrons. The quantitative estimate of drug-likeness (QED) is 0.636. The fourth-order valence-electron chi connectivity index (χ4n) is 1.84. The lowest BCUT2D eigenvalue weighted by Crippen LogP contribution is -2.01. The molecule has 106 valence electrons. The normalized spacial score (nSPS) is 9.95. The number of hydrogen-bond donors (Lipinski definition) is 0. The number of aryl methyl sites for hydroxylation is 1. The van der Waals surface area contributed by atoms with Gasteiger partial charge in [0.05, 0.1) is 22.6 Å². The van der Waals surface area contributed by atoms with Crippen molar-refractivity contribution in [3.63, 3.8) is 0 Å². The van der Waals surface area contributed by atoms with Crippen LogP contribution in [0.25, 0.3) is 0 Å². The maximum absolute atomic E-state index is 13.0. The summed E-state index contributed by atoms with van der Waals surface area (Å²) in [7, 11) is 0. The molecule has 0 saturated carbocycles. The fourth-order valence-corrected chi connectivity index (χ4v) is 1.84. The van der Waals surface area contributed by atoms with E-state index in [0.717, 1.165) is 23.3 Å². The van der Waals surface area contributed by atoms with Gasteiger partial charge in [0.15, 0.2) is 5.75 Å². The number of hydrogen-bond acceptors (Lipinski definition) is 4. The van der Waals surface area contributed by atoms with E-state index in [9.17, 15) is 14.5 Å². The van der Waals surface area contributed by atoms with E-state index in [2.05, 4.69) is 0 Å². The molecule has 0 spiro atoms. The first-order valence-corrected chi connectivity index (χ1v) is 6.07. The van der Waals surface area contributed by atoms with Crippen LogP contribution < -0.4 is 4.74 Å². The molecular formula is C15H11FN2O3. The second-order valence-corrected chi connectivity index (χ2v) is 4.41. The lowest BCUT2D eigenvalue weighted by Gasteiger charge is -2.09. The first-order valence-electron chi connectivity index (χ1n) is 6.07. The van der Waals surface area contributed by atoms with Gasteiger partial charge in [-0.25, -0.2) is 4.39 Å². The average Bonchev–Trinajstić information content (AvgIpc) is 2.46. The Hall–Kier alpha value is -2.94. The third kappa shape index (κ3) is 3.34. The van der Waals surface area contributed by atoms with Gasteiger partial charge in [0.2, 0.25) is 0 Å². The van der Waals surface area contributed by atoms with Crippen molar-refractivity contribution >= 4 is 5.69 Å². The summed E-state index contributed by atoms with van der Waals surface area (Å²) in [6.45, 7) is 1.92. The van der Waals surface area contributed by atoms with E-state index in [4.69, 9.17) is 10.00 Å². The molecule has 0 fully saturated rings.